The molecule has 1 aromatic rings. The molecule has 1 aliphatic rings. The first-order valence-corrected chi connectivity index (χ1v) is 11.2. The van der Waals surface area contributed by atoms with Crippen LogP contribution in [0.3, 0.4) is 0 Å². The van der Waals surface area contributed by atoms with Gasteiger partial charge in [-0.25, -0.2) is 5.21 Å². The zero-order valence-electron chi connectivity index (χ0n) is 17.8. The number of hydrogen-bond donors (Lipinski definition) is 8. The van der Waals surface area contributed by atoms with Crippen molar-refractivity contribution in [1.82, 2.24) is 10.6 Å². The normalized spacial score (nSPS) is 19.4. The van der Waals surface area contributed by atoms with Gasteiger partial charge >= 0.3 is 11.9 Å². The third-order valence-corrected chi connectivity index (χ3v) is 6.30. The zero-order valence-corrected chi connectivity index (χ0v) is 18.7. The molecule has 0 radical (unpaired) electrons. The van der Waals surface area contributed by atoms with Crippen LogP contribution in [0.1, 0.15) is 30.1 Å². The second-order valence-corrected chi connectivity index (χ2v) is 8.64. The number of rotatable bonds is 12. The van der Waals surface area contributed by atoms with Crippen LogP contribution >= 0.6 is 11.8 Å². The Kier molecular flexibility index (Phi) is 9.97. The summed E-state index contributed by atoms with van der Waals surface area (Å²) >= 11 is 1.10. The average Bonchev–Trinajstić information content (AvgIpc) is 2.79. The molecule has 0 aromatic heterocycles. The number of carboxylic acid groups (broad SMARTS) is 2. The molecule has 5 atom stereocenters. The number of carboxylic acids is 2. The Bertz CT molecular complexity index is 956. The van der Waals surface area contributed by atoms with E-state index in [4.69, 9.17) is 15.9 Å². The number of amides is 2. The van der Waals surface area contributed by atoms with Gasteiger partial charge in [-0.15, -0.1) is 11.8 Å². The highest BCUT2D eigenvalue weighted by Crippen LogP contribution is 2.37. The van der Waals surface area contributed by atoms with Crippen molar-refractivity contribution >= 4 is 47.3 Å². The standard InChI is InChI=1S/C20H26N4O9S/c21-12(20(30)31)5-7-16(25)23-13(19(29)22-8-17(26)27)9-34-15-6-4-10-11(18(15)28)2-1-3-14(10)24(32)33/h1-4,6,12-13,15,18,24,28,32H,5,7-9,21H2,(H,22,29)(H,23,25)(H,26,27)(H,30,31)/t12-,13-,15?,18?/m0/s1. The van der Waals surface area contributed by atoms with Crippen molar-refractivity contribution in [3.05, 3.63) is 40.6 Å². The summed E-state index contributed by atoms with van der Waals surface area (Å²) in [6.45, 7) is -0.670. The third-order valence-electron chi connectivity index (χ3n) is 4.97. The van der Waals surface area contributed by atoms with E-state index in [-0.39, 0.29) is 24.3 Å². The number of nitrogens with one attached hydrogen (secondary N) is 3. The van der Waals surface area contributed by atoms with E-state index in [0.717, 1.165) is 11.8 Å². The number of fused-ring (bicyclic) bond motifs is 1. The fourth-order valence-electron chi connectivity index (χ4n) is 3.19. The van der Waals surface area contributed by atoms with Gasteiger partial charge in [0.25, 0.3) is 0 Å². The van der Waals surface area contributed by atoms with Crippen LogP contribution < -0.4 is 21.6 Å². The molecule has 14 heteroatoms. The molecule has 0 bridgehead atoms. The van der Waals surface area contributed by atoms with E-state index >= 15 is 0 Å². The number of aliphatic hydroxyl groups excluding tert-OH is 1. The molecule has 9 N–H and O–H groups in total. The fourth-order valence-corrected chi connectivity index (χ4v) is 4.35. The largest absolute Gasteiger partial charge is 0.595 e. The number of carbonyl (C=O) groups excluding carboxylic acids is 2. The lowest BCUT2D eigenvalue weighted by molar-refractivity contribution is -0.991. The van der Waals surface area contributed by atoms with Gasteiger partial charge in [0.15, 0.2) is 5.69 Å². The first-order valence-electron chi connectivity index (χ1n) is 10.1. The maximum absolute atomic E-state index is 12.4. The van der Waals surface area contributed by atoms with E-state index in [1.54, 1.807) is 18.2 Å². The van der Waals surface area contributed by atoms with Crippen LogP contribution in [0.5, 0.6) is 0 Å². The van der Waals surface area contributed by atoms with Crippen LogP contribution in [0.4, 0.5) is 5.69 Å². The number of aliphatic hydroxyl groups is 1. The minimum atomic E-state index is -1.28. The molecule has 13 nitrogen and oxygen atoms in total. The van der Waals surface area contributed by atoms with Crippen molar-refractivity contribution in [2.45, 2.75) is 36.3 Å². The van der Waals surface area contributed by atoms with Crippen molar-refractivity contribution in [3.8, 4) is 0 Å². The second kappa shape index (κ2) is 12.5. The van der Waals surface area contributed by atoms with Crippen LogP contribution in [0.2, 0.25) is 0 Å². The summed E-state index contributed by atoms with van der Waals surface area (Å²) in [4.78, 5) is 46.2. The lowest BCUT2D eigenvalue weighted by Gasteiger charge is -2.28. The summed E-state index contributed by atoms with van der Waals surface area (Å²) in [6, 6.07) is 2.09. The Labute approximate surface area is 198 Å². The molecule has 0 heterocycles. The van der Waals surface area contributed by atoms with Crippen molar-refractivity contribution in [2.24, 2.45) is 5.73 Å². The summed E-state index contributed by atoms with van der Waals surface area (Å²) in [5.74, 6) is -4.03. The van der Waals surface area contributed by atoms with E-state index in [2.05, 4.69) is 10.6 Å². The van der Waals surface area contributed by atoms with E-state index in [9.17, 15) is 34.7 Å². The predicted molar refractivity (Wildman–Crippen MR) is 120 cm³/mol. The number of carbonyl (C=O) groups is 4. The van der Waals surface area contributed by atoms with E-state index in [1.807, 2.05) is 0 Å². The summed E-state index contributed by atoms with van der Waals surface area (Å²) in [5.41, 5.74) is 6.19. The van der Waals surface area contributed by atoms with E-state index in [0.29, 0.717) is 11.1 Å². The highest BCUT2D eigenvalue weighted by Gasteiger charge is 2.30. The second-order valence-electron chi connectivity index (χ2n) is 7.43. The quantitative estimate of drug-likeness (QED) is 0.149. The molecule has 34 heavy (non-hydrogen) atoms. The Hall–Kier alpha value is -3.01. The number of thioether (sulfide) groups is 1. The number of benzene rings is 1. The molecule has 2 amide bonds. The highest BCUT2D eigenvalue weighted by molar-refractivity contribution is 8.00. The first kappa shape index (κ1) is 27.2. The van der Waals surface area contributed by atoms with E-state index in [1.165, 1.54) is 12.1 Å². The molecule has 2 rings (SSSR count). The van der Waals surface area contributed by atoms with Gasteiger partial charge < -0.3 is 36.9 Å². The van der Waals surface area contributed by atoms with Crippen molar-refractivity contribution in [3.63, 3.8) is 0 Å². The van der Waals surface area contributed by atoms with Crippen LogP contribution in [0.25, 0.3) is 6.08 Å². The Balaban J connectivity index is 2.07. The van der Waals surface area contributed by atoms with Crippen LogP contribution in [-0.2, 0) is 19.2 Å². The molecular formula is C20H26N4O9S. The third kappa shape index (κ3) is 7.51. The van der Waals surface area contributed by atoms with Gasteiger partial charge in [-0.2, -0.15) is 5.23 Å². The monoisotopic (exact) mass is 498 g/mol. The highest BCUT2D eigenvalue weighted by atomic mass is 32.2. The number of nitrogens with two attached hydrogens (primary N) is 1. The van der Waals surface area contributed by atoms with Gasteiger partial charge in [0.05, 0.1) is 11.4 Å². The molecule has 1 aliphatic carbocycles. The maximum Gasteiger partial charge on any atom is 0.322 e. The van der Waals surface area contributed by atoms with Gasteiger partial charge in [-0.3, -0.25) is 19.2 Å². The molecule has 0 aliphatic heterocycles. The van der Waals surface area contributed by atoms with Gasteiger partial charge in [0.1, 0.15) is 18.6 Å². The summed E-state index contributed by atoms with van der Waals surface area (Å²) < 4.78 is 0. The molecule has 186 valence electrons. The lowest BCUT2D eigenvalue weighted by atomic mass is 9.93. The zero-order chi connectivity index (χ0) is 25.4. The topological polar surface area (TPSA) is 227 Å². The minimum Gasteiger partial charge on any atom is -0.595 e. The van der Waals surface area contributed by atoms with Crippen LogP contribution in [0.15, 0.2) is 24.3 Å². The van der Waals surface area contributed by atoms with Crippen molar-refractivity contribution in [1.29, 1.82) is 0 Å². The van der Waals surface area contributed by atoms with Gasteiger partial charge in [-0.05, 0) is 12.0 Å². The van der Waals surface area contributed by atoms with E-state index < -0.39 is 59.0 Å². The van der Waals surface area contributed by atoms with Gasteiger partial charge in [-0.1, -0.05) is 24.3 Å². The fraction of sp³-hybridized carbons (Fsp3) is 0.400. The van der Waals surface area contributed by atoms with Crippen molar-refractivity contribution < 1.29 is 44.9 Å². The first-order chi connectivity index (χ1) is 16.0. The van der Waals surface area contributed by atoms with Gasteiger partial charge in [0.2, 0.25) is 11.8 Å². The number of hydrogen-bond acceptors (Lipinski definition) is 9. The molecule has 0 fully saturated rings. The summed E-state index contributed by atoms with van der Waals surface area (Å²) in [7, 11) is 0. The van der Waals surface area contributed by atoms with Crippen LogP contribution in [-0.4, -0.2) is 73.9 Å². The minimum absolute atomic E-state index is 0.0361. The smallest absolute Gasteiger partial charge is 0.322 e. The molecular weight excluding hydrogens is 472 g/mol. The molecule has 1 aromatic carbocycles. The number of quaternary nitrogens is 1. The SMILES string of the molecule is N[C@@H](CCC(=O)N[C@@H](CSC1C=Cc2c(cccc2[NH+]([O-])O)C1O)C(=O)NCC(=O)O)C(=O)O. The maximum atomic E-state index is 12.4. The Morgan fingerprint density at radius 1 is 1.24 bits per heavy atom. The molecule has 0 saturated heterocycles. The molecule has 3 unspecified atom stereocenters. The molecule has 0 spiro atoms. The molecule has 0 saturated carbocycles. The Morgan fingerprint density at radius 3 is 2.56 bits per heavy atom. The lowest BCUT2D eigenvalue weighted by Crippen LogP contribution is -2.99. The predicted octanol–water partition coefficient (Wildman–Crippen LogP) is -1.87. The Morgan fingerprint density at radius 2 is 1.94 bits per heavy atom. The number of aliphatic carboxylic acids is 2. The average molecular weight is 499 g/mol. The van der Waals surface area contributed by atoms with Crippen LogP contribution in [0, 0.1) is 5.21 Å². The summed E-state index contributed by atoms with van der Waals surface area (Å²) in [5, 5.41) is 52.0. The van der Waals surface area contributed by atoms with Gasteiger partial charge in [0, 0.05) is 23.8 Å². The summed E-state index contributed by atoms with van der Waals surface area (Å²) in [6.07, 6.45) is 1.64. The van der Waals surface area contributed by atoms with Crippen molar-refractivity contribution in [2.75, 3.05) is 12.3 Å².